The van der Waals surface area contributed by atoms with E-state index in [2.05, 4.69) is 21.5 Å². The van der Waals surface area contributed by atoms with Gasteiger partial charge in [0, 0.05) is 37.9 Å². The van der Waals surface area contributed by atoms with Crippen LogP contribution in [-0.2, 0) is 23.1 Å². The van der Waals surface area contributed by atoms with Gasteiger partial charge in [0.05, 0.1) is 12.3 Å². The van der Waals surface area contributed by atoms with E-state index in [0.29, 0.717) is 12.0 Å². The molecule has 3 heterocycles. The van der Waals surface area contributed by atoms with E-state index < -0.39 is 0 Å². The van der Waals surface area contributed by atoms with Crippen LogP contribution in [0.3, 0.4) is 0 Å². The van der Waals surface area contributed by atoms with Crippen molar-refractivity contribution in [1.29, 1.82) is 0 Å². The molecule has 3 fully saturated rings. The quantitative estimate of drug-likeness (QED) is 0.888. The monoisotopic (exact) mass is 304 g/mol. The Labute approximate surface area is 130 Å². The van der Waals surface area contributed by atoms with Crippen molar-refractivity contribution < 1.29 is 9.53 Å². The highest BCUT2D eigenvalue weighted by atomic mass is 16.5. The van der Waals surface area contributed by atoms with Crippen LogP contribution in [0.15, 0.2) is 12.4 Å². The Morgan fingerprint density at radius 2 is 2.32 bits per heavy atom. The maximum absolute atomic E-state index is 12.2. The molecule has 2 aliphatic heterocycles. The zero-order valence-electron chi connectivity index (χ0n) is 13.1. The highest BCUT2D eigenvalue weighted by Gasteiger charge is 2.42. The van der Waals surface area contributed by atoms with Crippen molar-refractivity contribution in [3.8, 4) is 0 Å². The van der Waals surface area contributed by atoms with E-state index >= 15 is 0 Å². The van der Waals surface area contributed by atoms with E-state index in [-0.39, 0.29) is 18.1 Å². The summed E-state index contributed by atoms with van der Waals surface area (Å²) < 4.78 is 7.89. The molecule has 0 bridgehead atoms. The van der Waals surface area contributed by atoms with Crippen LogP contribution in [0, 0.1) is 5.92 Å². The van der Waals surface area contributed by atoms with Crippen LogP contribution >= 0.6 is 0 Å². The molecule has 4 rings (SSSR count). The van der Waals surface area contributed by atoms with Gasteiger partial charge in [0.2, 0.25) is 5.91 Å². The predicted octanol–water partition coefficient (Wildman–Crippen LogP) is 0.678. The number of aromatic nitrogens is 2. The smallest absolute Gasteiger partial charge is 0.249 e. The predicted molar refractivity (Wildman–Crippen MR) is 81.0 cm³/mol. The van der Waals surface area contributed by atoms with E-state index in [0.717, 1.165) is 45.3 Å². The first-order chi connectivity index (χ1) is 10.7. The zero-order chi connectivity index (χ0) is 15.1. The number of carbonyl (C=O) groups is 1. The number of ether oxygens (including phenoxy) is 1. The molecule has 1 amide bonds. The molecule has 1 aromatic heterocycles. The maximum Gasteiger partial charge on any atom is 0.249 e. The molecule has 0 unspecified atom stereocenters. The number of rotatable bonds is 4. The first-order valence-electron chi connectivity index (χ1n) is 8.33. The SMILES string of the molecule is Cn1cc(CN2CC[C@@H]3C[C@@H](C(=O)NC4CC4)O[C@H]3C2)cn1. The summed E-state index contributed by atoms with van der Waals surface area (Å²) >= 11 is 0. The summed E-state index contributed by atoms with van der Waals surface area (Å²) in [6.07, 6.45) is 8.24. The van der Waals surface area contributed by atoms with Crippen LogP contribution in [0.2, 0.25) is 0 Å². The molecule has 3 atom stereocenters. The van der Waals surface area contributed by atoms with Gasteiger partial charge in [-0.15, -0.1) is 0 Å². The topological polar surface area (TPSA) is 59.4 Å². The zero-order valence-corrected chi connectivity index (χ0v) is 13.1. The molecule has 3 aliphatic rings. The molecule has 1 aromatic rings. The Kier molecular flexibility index (Phi) is 3.66. The van der Waals surface area contributed by atoms with Gasteiger partial charge >= 0.3 is 0 Å². The van der Waals surface area contributed by atoms with E-state index in [1.54, 1.807) is 0 Å². The van der Waals surface area contributed by atoms with E-state index in [1.165, 1.54) is 5.56 Å². The number of hydrogen-bond acceptors (Lipinski definition) is 4. The summed E-state index contributed by atoms with van der Waals surface area (Å²) in [5.74, 6) is 0.649. The van der Waals surface area contributed by atoms with Crippen molar-refractivity contribution in [2.24, 2.45) is 13.0 Å². The van der Waals surface area contributed by atoms with Crippen LogP contribution < -0.4 is 5.32 Å². The Morgan fingerprint density at radius 1 is 1.45 bits per heavy atom. The van der Waals surface area contributed by atoms with Crippen LogP contribution in [0.25, 0.3) is 0 Å². The molecule has 0 spiro atoms. The first-order valence-corrected chi connectivity index (χ1v) is 8.33. The number of nitrogens with zero attached hydrogens (tertiary/aromatic N) is 3. The first kappa shape index (κ1) is 14.2. The fourth-order valence-electron chi connectivity index (χ4n) is 3.64. The molecule has 6 heteroatoms. The lowest BCUT2D eigenvalue weighted by Crippen LogP contribution is -2.42. The van der Waals surface area contributed by atoms with Crippen LogP contribution in [0.5, 0.6) is 0 Å². The molecule has 0 radical (unpaired) electrons. The summed E-state index contributed by atoms with van der Waals surface area (Å²) in [4.78, 5) is 14.6. The minimum atomic E-state index is -0.228. The number of carbonyl (C=O) groups excluding carboxylic acids is 1. The number of amides is 1. The molecule has 1 N–H and O–H groups in total. The minimum absolute atomic E-state index is 0.107. The molecule has 0 aromatic carbocycles. The Morgan fingerprint density at radius 3 is 3.05 bits per heavy atom. The van der Waals surface area contributed by atoms with Crippen LogP contribution in [0.4, 0.5) is 0 Å². The third-order valence-electron chi connectivity index (χ3n) is 5.02. The van der Waals surface area contributed by atoms with Crippen molar-refractivity contribution in [2.75, 3.05) is 13.1 Å². The summed E-state index contributed by atoms with van der Waals surface area (Å²) in [6.45, 7) is 2.92. The second-order valence-electron chi connectivity index (χ2n) is 6.99. The second kappa shape index (κ2) is 5.66. The fraction of sp³-hybridized carbons (Fsp3) is 0.750. The van der Waals surface area contributed by atoms with Gasteiger partial charge in [-0.1, -0.05) is 0 Å². The summed E-state index contributed by atoms with van der Waals surface area (Å²) in [6, 6.07) is 0.417. The Bertz CT molecular complexity index is 554. The van der Waals surface area contributed by atoms with Crippen LogP contribution in [-0.4, -0.2) is 51.9 Å². The third-order valence-corrected chi connectivity index (χ3v) is 5.02. The van der Waals surface area contributed by atoms with E-state index in [1.807, 2.05) is 17.9 Å². The fourth-order valence-corrected chi connectivity index (χ4v) is 3.64. The number of aryl methyl sites for hydroxylation is 1. The van der Waals surface area contributed by atoms with Crippen molar-refractivity contribution in [2.45, 2.75) is 50.5 Å². The van der Waals surface area contributed by atoms with Gasteiger partial charge in [-0.25, -0.2) is 0 Å². The average molecular weight is 304 g/mol. The number of likely N-dealkylation sites (tertiary alicyclic amines) is 1. The molecule has 22 heavy (non-hydrogen) atoms. The lowest BCUT2D eigenvalue weighted by atomic mass is 9.91. The number of piperidine rings is 1. The van der Waals surface area contributed by atoms with Gasteiger partial charge in [0.1, 0.15) is 6.10 Å². The Hall–Kier alpha value is -1.40. The van der Waals surface area contributed by atoms with Gasteiger partial charge < -0.3 is 10.1 Å². The Balaban J connectivity index is 1.32. The molecule has 120 valence electrons. The molecule has 1 aliphatic carbocycles. The molecule has 1 saturated carbocycles. The van der Waals surface area contributed by atoms with E-state index in [9.17, 15) is 4.79 Å². The van der Waals surface area contributed by atoms with Crippen molar-refractivity contribution in [3.05, 3.63) is 18.0 Å². The van der Waals surface area contributed by atoms with Gasteiger partial charge in [-0.05, 0) is 38.1 Å². The summed E-state index contributed by atoms with van der Waals surface area (Å²) in [5, 5.41) is 7.29. The molecular weight excluding hydrogens is 280 g/mol. The third kappa shape index (κ3) is 3.03. The number of nitrogens with one attached hydrogen (secondary N) is 1. The molecular formula is C16H24N4O2. The highest BCUT2D eigenvalue weighted by Crippen LogP contribution is 2.34. The van der Waals surface area contributed by atoms with Gasteiger partial charge in [-0.3, -0.25) is 14.4 Å². The highest BCUT2D eigenvalue weighted by molar-refractivity contribution is 5.81. The largest absolute Gasteiger partial charge is 0.364 e. The van der Waals surface area contributed by atoms with Gasteiger partial charge in [-0.2, -0.15) is 5.10 Å². The van der Waals surface area contributed by atoms with Crippen LogP contribution in [0.1, 0.15) is 31.2 Å². The second-order valence-corrected chi connectivity index (χ2v) is 6.99. The van der Waals surface area contributed by atoms with Crippen molar-refractivity contribution >= 4 is 5.91 Å². The molecule has 2 saturated heterocycles. The standard InChI is InChI=1S/C16H24N4O2/c1-19-8-11(7-17-19)9-20-5-4-12-6-14(22-15(12)10-20)16(21)18-13-2-3-13/h7-8,12-15H,2-6,9-10H2,1H3,(H,18,21)/t12-,14+,15+/m1/s1. The summed E-state index contributed by atoms with van der Waals surface area (Å²) in [5.41, 5.74) is 1.24. The van der Waals surface area contributed by atoms with Gasteiger partial charge in [0.15, 0.2) is 0 Å². The normalized spacial score (nSPS) is 32.0. The summed E-state index contributed by atoms with van der Waals surface area (Å²) in [7, 11) is 1.94. The van der Waals surface area contributed by atoms with E-state index in [4.69, 9.17) is 4.74 Å². The minimum Gasteiger partial charge on any atom is -0.364 e. The van der Waals surface area contributed by atoms with Crippen molar-refractivity contribution in [3.63, 3.8) is 0 Å². The number of fused-ring (bicyclic) bond motifs is 1. The lowest BCUT2D eigenvalue weighted by Gasteiger charge is -2.33. The average Bonchev–Trinajstić information content (AvgIpc) is 3.05. The van der Waals surface area contributed by atoms with Crippen molar-refractivity contribution in [1.82, 2.24) is 20.0 Å². The molecule has 6 nitrogen and oxygen atoms in total. The lowest BCUT2D eigenvalue weighted by molar-refractivity contribution is -0.133. The number of hydrogen-bond donors (Lipinski definition) is 1. The maximum atomic E-state index is 12.2. The van der Waals surface area contributed by atoms with Gasteiger partial charge in [0.25, 0.3) is 0 Å².